The Kier molecular flexibility index (Phi) is 3.18. The van der Waals surface area contributed by atoms with Gasteiger partial charge in [0.2, 0.25) is 5.69 Å². The lowest BCUT2D eigenvalue weighted by atomic mass is 10.2. The van der Waals surface area contributed by atoms with Crippen molar-refractivity contribution in [2.45, 2.75) is 6.92 Å². The number of carboxylic acid groups (broad SMARTS) is 1. The summed E-state index contributed by atoms with van der Waals surface area (Å²) in [7, 11) is 0. The smallest absolute Gasteiger partial charge is 0.360 e. The molecule has 0 aliphatic carbocycles. The summed E-state index contributed by atoms with van der Waals surface area (Å²) in [6, 6.07) is 3.91. The van der Waals surface area contributed by atoms with E-state index in [1.165, 1.54) is 30.6 Å². The van der Waals surface area contributed by atoms with Crippen molar-refractivity contribution in [2.24, 2.45) is 0 Å². The quantitative estimate of drug-likeness (QED) is 0.902. The molecule has 1 aromatic heterocycles. The molecule has 0 saturated heterocycles. The average molecular weight is 248 g/mol. The van der Waals surface area contributed by atoms with Crippen LogP contribution in [-0.2, 0) is 0 Å². The second kappa shape index (κ2) is 4.79. The van der Waals surface area contributed by atoms with Crippen LogP contribution in [0.4, 0.5) is 4.39 Å². The van der Waals surface area contributed by atoms with E-state index in [0.717, 1.165) is 0 Å². The van der Waals surface area contributed by atoms with Gasteiger partial charge in [0.05, 0.1) is 0 Å². The lowest BCUT2D eigenvalue weighted by molar-refractivity contribution is 0.0686. The van der Waals surface area contributed by atoms with Crippen LogP contribution in [0.15, 0.2) is 30.6 Å². The molecule has 0 radical (unpaired) electrons. The van der Waals surface area contributed by atoms with E-state index < -0.39 is 11.8 Å². The van der Waals surface area contributed by atoms with E-state index in [4.69, 9.17) is 9.84 Å². The first-order valence-electron chi connectivity index (χ1n) is 5.06. The number of nitrogens with zero attached hydrogens (tertiary/aromatic N) is 2. The predicted molar refractivity (Wildman–Crippen MR) is 60.2 cm³/mol. The largest absolute Gasteiger partial charge is 0.476 e. The highest BCUT2D eigenvalue weighted by Crippen LogP contribution is 2.25. The third-order valence-electron chi connectivity index (χ3n) is 2.21. The van der Waals surface area contributed by atoms with Crippen LogP contribution >= 0.6 is 0 Å². The van der Waals surface area contributed by atoms with E-state index in [1.807, 2.05) is 0 Å². The van der Waals surface area contributed by atoms with Crippen LogP contribution in [0, 0.1) is 12.7 Å². The molecule has 0 aliphatic heterocycles. The van der Waals surface area contributed by atoms with Gasteiger partial charge in [-0.15, -0.1) is 0 Å². The van der Waals surface area contributed by atoms with Gasteiger partial charge in [0.15, 0.2) is 0 Å². The van der Waals surface area contributed by atoms with Crippen molar-refractivity contribution in [3.8, 4) is 11.6 Å². The molecule has 92 valence electrons. The summed E-state index contributed by atoms with van der Waals surface area (Å²) in [6.45, 7) is 1.65. The number of halogens is 1. The van der Waals surface area contributed by atoms with Gasteiger partial charge in [-0.2, -0.15) is 0 Å². The first-order valence-corrected chi connectivity index (χ1v) is 5.06. The third kappa shape index (κ3) is 2.42. The number of aromatic nitrogens is 2. The minimum Gasteiger partial charge on any atom is -0.476 e. The molecule has 0 atom stereocenters. The van der Waals surface area contributed by atoms with E-state index in [2.05, 4.69) is 9.97 Å². The number of ether oxygens (including phenoxy) is 1. The van der Waals surface area contributed by atoms with Gasteiger partial charge in [-0.1, -0.05) is 0 Å². The molecule has 0 fully saturated rings. The summed E-state index contributed by atoms with van der Waals surface area (Å²) in [5.74, 6) is -1.42. The zero-order valence-corrected chi connectivity index (χ0v) is 9.42. The summed E-state index contributed by atoms with van der Waals surface area (Å²) in [5, 5.41) is 8.91. The second-order valence-electron chi connectivity index (χ2n) is 3.53. The molecule has 0 spiro atoms. The number of carbonyl (C=O) groups is 1. The highest BCUT2D eigenvalue weighted by Gasteiger charge is 2.15. The van der Waals surface area contributed by atoms with Gasteiger partial charge >= 0.3 is 5.97 Å². The van der Waals surface area contributed by atoms with Crippen LogP contribution in [-0.4, -0.2) is 21.0 Å². The van der Waals surface area contributed by atoms with Gasteiger partial charge in [-0.25, -0.2) is 19.2 Å². The van der Waals surface area contributed by atoms with Gasteiger partial charge in [0, 0.05) is 12.4 Å². The Morgan fingerprint density at radius 2 is 2.06 bits per heavy atom. The van der Waals surface area contributed by atoms with E-state index in [-0.39, 0.29) is 11.6 Å². The van der Waals surface area contributed by atoms with Crippen molar-refractivity contribution < 1.29 is 19.0 Å². The summed E-state index contributed by atoms with van der Waals surface area (Å²) >= 11 is 0. The lowest BCUT2D eigenvalue weighted by Gasteiger charge is -2.08. The minimum atomic E-state index is -1.24. The standard InChI is InChI=1S/C12H9FN2O3/c1-7-6-8(13)2-3-9(7)18-11-10(12(16)17)14-4-5-15-11/h2-6H,1H3,(H,16,17). The van der Waals surface area contributed by atoms with E-state index in [0.29, 0.717) is 11.3 Å². The molecule has 1 aromatic carbocycles. The molecule has 0 saturated carbocycles. The van der Waals surface area contributed by atoms with Gasteiger partial charge in [0.25, 0.3) is 5.88 Å². The molecule has 1 N–H and O–H groups in total. The van der Waals surface area contributed by atoms with E-state index in [1.54, 1.807) is 6.92 Å². The topological polar surface area (TPSA) is 72.3 Å². The molecule has 0 amide bonds. The summed E-state index contributed by atoms with van der Waals surface area (Å²) in [5.41, 5.74) is 0.248. The SMILES string of the molecule is Cc1cc(F)ccc1Oc1nccnc1C(=O)O. The number of aromatic carboxylic acids is 1. The molecule has 18 heavy (non-hydrogen) atoms. The second-order valence-corrected chi connectivity index (χ2v) is 3.53. The molecule has 5 nitrogen and oxygen atoms in total. The molecule has 1 heterocycles. The molecular weight excluding hydrogens is 239 g/mol. The van der Waals surface area contributed by atoms with Gasteiger partial charge in [-0.3, -0.25) is 0 Å². The van der Waals surface area contributed by atoms with Crippen molar-refractivity contribution >= 4 is 5.97 Å². The fourth-order valence-electron chi connectivity index (χ4n) is 1.38. The maximum absolute atomic E-state index is 12.9. The number of rotatable bonds is 3. The van der Waals surface area contributed by atoms with Crippen LogP contribution in [0.1, 0.15) is 16.1 Å². The Morgan fingerprint density at radius 3 is 2.72 bits per heavy atom. The molecule has 0 aliphatic rings. The number of hydrogen-bond acceptors (Lipinski definition) is 4. The molecule has 2 aromatic rings. The van der Waals surface area contributed by atoms with Crippen molar-refractivity contribution in [3.63, 3.8) is 0 Å². The Bertz CT molecular complexity index is 602. The van der Waals surface area contributed by atoms with Crippen LogP contribution in [0.3, 0.4) is 0 Å². The maximum atomic E-state index is 12.9. The highest BCUT2D eigenvalue weighted by atomic mass is 19.1. The Morgan fingerprint density at radius 1 is 1.33 bits per heavy atom. The molecule has 2 rings (SSSR count). The average Bonchev–Trinajstić information content (AvgIpc) is 2.33. The number of hydrogen-bond donors (Lipinski definition) is 1. The van der Waals surface area contributed by atoms with Crippen LogP contribution < -0.4 is 4.74 Å². The number of aryl methyl sites for hydroxylation is 1. The van der Waals surface area contributed by atoms with Crippen LogP contribution in [0.5, 0.6) is 11.6 Å². The predicted octanol–water partition coefficient (Wildman–Crippen LogP) is 2.41. The van der Waals surface area contributed by atoms with E-state index in [9.17, 15) is 9.18 Å². The normalized spacial score (nSPS) is 10.1. The fourth-order valence-corrected chi connectivity index (χ4v) is 1.38. The van der Waals surface area contributed by atoms with Crippen molar-refractivity contribution in [2.75, 3.05) is 0 Å². The van der Waals surface area contributed by atoms with Gasteiger partial charge in [0.1, 0.15) is 11.6 Å². The van der Waals surface area contributed by atoms with Crippen LogP contribution in [0.2, 0.25) is 0 Å². The lowest BCUT2D eigenvalue weighted by Crippen LogP contribution is -2.05. The number of benzene rings is 1. The van der Waals surface area contributed by atoms with Crippen molar-refractivity contribution in [1.29, 1.82) is 0 Å². The highest BCUT2D eigenvalue weighted by molar-refractivity contribution is 5.87. The zero-order chi connectivity index (χ0) is 13.1. The maximum Gasteiger partial charge on any atom is 0.360 e. The molecular formula is C12H9FN2O3. The van der Waals surface area contributed by atoms with E-state index >= 15 is 0 Å². The van der Waals surface area contributed by atoms with Crippen LogP contribution in [0.25, 0.3) is 0 Å². The minimum absolute atomic E-state index is 0.125. The monoisotopic (exact) mass is 248 g/mol. The van der Waals surface area contributed by atoms with Gasteiger partial charge < -0.3 is 9.84 Å². The zero-order valence-electron chi connectivity index (χ0n) is 9.42. The first kappa shape index (κ1) is 12.0. The number of carboxylic acids is 1. The Labute approximate surface area is 102 Å². The Balaban J connectivity index is 2.37. The fraction of sp³-hybridized carbons (Fsp3) is 0.0833. The Hall–Kier alpha value is -2.50. The van der Waals surface area contributed by atoms with Crippen molar-refractivity contribution in [3.05, 3.63) is 47.7 Å². The molecule has 0 bridgehead atoms. The van der Waals surface area contributed by atoms with Crippen molar-refractivity contribution in [1.82, 2.24) is 9.97 Å². The molecule has 0 unspecified atom stereocenters. The van der Waals surface area contributed by atoms with Gasteiger partial charge in [-0.05, 0) is 30.7 Å². The first-order chi connectivity index (χ1) is 8.58. The molecule has 6 heteroatoms. The summed E-state index contributed by atoms with van der Waals surface area (Å²) in [4.78, 5) is 18.4. The third-order valence-corrected chi connectivity index (χ3v) is 2.21. The summed E-state index contributed by atoms with van der Waals surface area (Å²) < 4.78 is 18.3. The summed E-state index contributed by atoms with van der Waals surface area (Å²) in [6.07, 6.45) is 2.58.